The number of nitrogens with one attached hydrogen (secondary N) is 1. The van der Waals surface area contributed by atoms with Crippen molar-refractivity contribution in [1.82, 2.24) is 25.1 Å². The first-order valence-electron chi connectivity index (χ1n) is 10.7. The number of anilines is 1. The molecule has 1 aliphatic carbocycles. The van der Waals surface area contributed by atoms with Gasteiger partial charge in [0.05, 0.1) is 31.3 Å². The molecule has 1 aliphatic heterocycles. The number of hydrogen-bond donors (Lipinski definition) is 1. The topological polar surface area (TPSA) is 85.2 Å². The second-order valence-electron chi connectivity index (χ2n) is 7.67. The summed E-state index contributed by atoms with van der Waals surface area (Å²) >= 11 is 1.64. The van der Waals surface area contributed by atoms with E-state index in [2.05, 4.69) is 22.2 Å². The summed E-state index contributed by atoms with van der Waals surface area (Å²) in [7, 11) is 0. The van der Waals surface area contributed by atoms with Crippen molar-refractivity contribution in [3.05, 3.63) is 6.20 Å². The van der Waals surface area contributed by atoms with Gasteiger partial charge in [0.2, 0.25) is 5.91 Å². The normalized spacial score (nSPS) is 17.9. The molecule has 2 aliphatic rings. The lowest BCUT2D eigenvalue weighted by Gasteiger charge is -2.28. The molecule has 3 heterocycles. The number of nitrogens with zero attached hydrogens (tertiary/aromatic N) is 5. The monoisotopic (exact) mass is 418 g/mol. The van der Waals surface area contributed by atoms with E-state index in [1.165, 1.54) is 25.7 Å². The van der Waals surface area contributed by atoms with E-state index in [0.29, 0.717) is 38.6 Å². The van der Waals surface area contributed by atoms with Gasteiger partial charge in [0.1, 0.15) is 5.82 Å². The van der Waals surface area contributed by atoms with E-state index in [9.17, 15) is 4.79 Å². The first-order chi connectivity index (χ1) is 14.2. The smallest absolute Gasteiger partial charge is 0.220 e. The molecule has 9 heteroatoms. The highest BCUT2D eigenvalue weighted by atomic mass is 32.2. The van der Waals surface area contributed by atoms with E-state index >= 15 is 0 Å². The molecular weight excluding hydrogens is 388 g/mol. The fourth-order valence-corrected chi connectivity index (χ4v) is 4.70. The predicted octanol–water partition coefficient (Wildman–Crippen LogP) is 2.47. The minimum atomic E-state index is 0.152. The Kier molecular flexibility index (Phi) is 6.86. The van der Waals surface area contributed by atoms with Crippen LogP contribution in [0.1, 0.15) is 39.0 Å². The van der Waals surface area contributed by atoms with Crippen LogP contribution in [0.3, 0.4) is 0 Å². The Morgan fingerprint density at radius 2 is 2.07 bits per heavy atom. The zero-order valence-electron chi connectivity index (χ0n) is 17.1. The fourth-order valence-electron chi connectivity index (χ4n) is 4.14. The third-order valence-corrected chi connectivity index (χ3v) is 6.36. The molecule has 0 bridgehead atoms. The number of amides is 1. The van der Waals surface area contributed by atoms with Gasteiger partial charge in [-0.2, -0.15) is 5.10 Å². The largest absolute Gasteiger partial charge is 0.378 e. The van der Waals surface area contributed by atoms with E-state index < -0.39 is 0 Å². The number of hydrogen-bond acceptors (Lipinski definition) is 7. The molecule has 2 aromatic rings. The van der Waals surface area contributed by atoms with Gasteiger partial charge in [0.15, 0.2) is 10.8 Å². The van der Waals surface area contributed by atoms with Crippen molar-refractivity contribution in [1.29, 1.82) is 0 Å². The Hall–Kier alpha value is -1.87. The zero-order valence-corrected chi connectivity index (χ0v) is 17.9. The quantitative estimate of drug-likeness (QED) is 0.521. The van der Waals surface area contributed by atoms with Crippen LogP contribution >= 0.6 is 11.8 Å². The average Bonchev–Trinajstić information content (AvgIpc) is 3.39. The van der Waals surface area contributed by atoms with Gasteiger partial charge in [-0.15, -0.1) is 0 Å². The Labute approximate surface area is 175 Å². The van der Waals surface area contributed by atoms with Crippen LogP contribution in [0.4, 0.5) is 5.82 Å². The Balaban J connectivity index is 1.46. The van der Waals surface area contributed by atoms with Gasteiger partial charge in [-0.05, 0) is 24.5 Å². The van der Waals surface area contributed by atoms with Gasteiger partial charge in [-0.25, -0.2) is 14.6 Å². The Morgan fingerprint density at radius 1 is 1.28 bits per heavy atom. The molecule has 1 N–H and O–H groups in total. The fraction of sp³-hybridized carbons (Fsp3) is 0.700. The number of rotatable bonds is 8. The number of aromatic nitrogens is 4. The second kappa shape index (κ2) is 9.75. The number of morpholine rings is 1. The van der Waals surface area contributed by atoms with Crippen molar-refractivity contribution < 1.29 is 9.53 Å². The number of ether oxygens (including phenoxy) is 1. The molecule has 0 atom stereocenters. The molecule has 1 saturated heterocycles. The lowest BCUT2D eigenvalue weighted by atomic mass is 10.0. The van der Waals surface area contributed by atoms with E-state index in [4.69, 9.17) is 14.7 Å². The van der Waals surface area contributed by atoms with Crippen molar-refractivity contribution in [3.63, 3.8) is 0 Å². The minimum absolute atomic E-state index is 0.152. The van der Waals surface area contributed by atoms with Crippen molar-refractivity contribution >= 4 is 34.5 Å². The molecule has 8 nitrogen and oxygen atoms in total. The third-order valence-electron chi connectivity index (χ3n) is 5.63. The van der Waals surface area contributed by atoms with Crippen LogP contribution in [-0.2, 0) is 16.1 Å². The van der Waals surface area contributed by atoms with E-state index in [0.717, 1.165) is 40.9 Å². The Morgan fingerprint density at radius 3 is 2.83 bits per heavy atom. The highest BCUT2D eigenvalue weighted by Gasteiger charge is 2.21. The lowest BCUT2D eigenvalue weighted by Crippen LogP contribution is -2.37. The van der Waals surface area contributed by atoms with Crippen LogP contribution in [-0.4, -0.2) is 64.3 Å². The highest BCUT2D eigenvalue weighted by molar-refractivity contribution is 7.99. The summed E-state index contributed by atoms with van der Waals surface area (Å²) in [4.78, 5) is 24.0. The van der Waals surface area contributed by atoms with Crippen molar-refractivity contribution in [2.45, 2.75) is 50.7 Å². The maximum atomic E-state index is 12.2. The first-order valence-corrected chi connectivity index (χ1v) is 11.7. The summed E-state index contributed by atoms with van der Waals surface area (Å²) in [6.07, 6.45) is 7.41. The summed E-state index contributed by atoms with van der Waals surface area (Å²) < 4.78 is 7.37. The first kappa shape index (κ1) is 20.4. The summed E-state index contributed by atoms with van der Waals surface area (Å²) in [6, 6.07) is 0. The summed E-state index contributed by atoms with van der Waals surface area (Å²) in [5.41, 5.74) is 0.836. The van der Waals surface area contributed by atoms with Gasteiger partial charge in [0.25, 0.3) is 0 Å². The SMILES string of the molecule is CCSc1nc(N2CCOCC2)c2cnn(CCNC(=O)CC3CCCC3)c2n1. The maximum absolute atomic E-state index is 12.2. The molecule has 1 amide bonds. The minimum Gasteiger partial charge on any atom is -0.378 e. The van der Waals surface area contributed by atoms with Crippen molar-refractivity contribution in [3.8, 4) is 0 Å². The standard InChI is InChI=1S/C20H30N6O2S/c1-2-29-20-23-18(25-9-11-28-12-10-25)16-14-22-26(19(16)24-20)8-7-21-17(27)13-15-5-3-4-6-15/h14-15H,2-13H2,1H3,(H,21,27). The molecule has 2 aromatic heterocycles. The van der Waals surface area contributed by atoms with Crippen LogP contribution < -0.4 is 10.2 Å². The van der Waals surface area contributed by atoms with Gasteiger partial charge in [-0.3, -0.25) is 4.79 Å². The molecule has 0 unspecified atom stereocenters. The summed E-state index contributed by atoms with van der Waals surface area (Å²) in [6.45, 7) is 6.34. The molecule has 0 aromatic carbocycles. The van der Waals surface area contributed by atoms with E-state index in [1.807, 2.05) is 10.9 Å². The van der Waals surface area contributed by atoms with Crippen LogP contribution in [0.15, 0.2) is 11.4 Å². The van der Waals surface area contributed by atoms with Crippen LogP contribution in [0.5, 0.6) is 0 Å². The zero-order chi connectivity index (χ0) is 20.1. The number of thioether (sulfide) groups is 1. The molecule has 4 rings (SSSR count). The van der Waals surface area contributed by atoms with Gasteiger partial charge in [-0.1, -0.05) is 31.5 Å². The summed E-state index contributed by atoms with van der Waals surface area (Å²) in [5.74, 6) is 2.57. The van der Waals surface area contributed by atoms with Crippen LogP contribution in [0.2, 0.25) is 0 Å². The molecular formula is C20H30N6O2S. The average molecular weight is 419 g/mol. The number of carbonyl (C=O) groups excluding carboxylic acids is 1. The lowest BCUT2D eigenvalue weighted by molar-refractivity contribution is -0.122. The molecule has 0 spiro atoms. The molecule has 0 radical (unpaired) electrons. The molecule has 2 fully saturated rings. The molecule has 29 heavy (non-hydrogen) atoms. The second-order valence-corrected chi connectivity index (χ2v) is 8.90. The molecule has 158 valence electrons. The van der Waals surface area contributed by atoms with Gasteiger partial charge >= 0.3 is 0 Å². The van der Waals surface area contributed by atoms with Crippen molar-refractivity contribution in [2.75, 3.05) is 43.5 Å². The number of fused-ring (bicyclic) bond motifs is 1. The van der Waals surface area contributed by atoms with Crippen LogP contribution in [0.25, 0.3) is 11.0 Å². The van der Waals surface area contributed by atoms with Crippen LogP contribution in [0, 0.1) is 5.92 Å². The highest BCUT2D eigenvalue weighted by Crippen LogP contribution is 2.28. The number of carbonyl (C=O) groups is 1. The van der Waals surface area contributed by atoms with E-state index in [1.54, 1.807) is 11.8 Å². The van der Waals surface area contributed by atoms with Crippen molar-refractivity contribution in [2.24, 2.45) is 5.92 Å². The Bertz CT molecular complexity index is 830. The van der Waals surface area contributed by atoms with E-state index in [-0.39, 0.29) is 5.91 Å². The molecule has 1 saturated carbocycles. The van der Waals surface area contributed by atoms with Gasteiger partial charge in [0, 0.05) is 26.1 Å². The third kappa shape index (κ3) is 5.01. The maximum Gasteiger partial charge on any atom is 0.220 e. The summed E-state index contributed by atoms with van der Waals surface area (Å²) in [5, 5.41) is 9.34. The predicted molar refractivity (Wildman–Crippen MR) is 114 cm³/mol. The van der Waals surface area contributed by atoms with Gasteiger partial charge < -0.3 is 15.0 Å².